The summed E-state index contributed by atoms with van der Waals surface area (Å²) in [5.74, 6) is 0.437. The molecule has 0 aromatic rings. The van der Waals surface area contributed by atoms with Crippen LogP contribution in [0.1, 0.15) is 92.4 Å². The minimum atomic E-state index is -0.354. The summed E-state index contributed by atoms with van der Waals surface area (Å²) in [6.45, 7) is 11.9. The summed E-state index contributed by atoms with van der Waals surface area (Å²) in [7, 11) is 0. The Bertz CT molecular complexity index is 178. The van der Waals surface area contributed by atoms with Crippen molar-refractivity contribution >= 4 is 11.6 Å². The van der Waals surface area contributed by atoms with Crippen LogP contribution in [0.25, 0.3) is 0 Å². The third-order valence-electron chi connectivity index (χ3n) is 3.32. The van der Waals surface area contributed by atoms with Crippen LogP contribution in [0.4, 0.5) is 0 Å². The molecule has 3 heteroatoms. The van der Waals surface area contributed by atoms with Gasteiger partial charge in [-0.3, -0.25) is 0 Å². The smallest absolute Gasteiger partial charge is 0.165 e. The first-order chi connectivity index (χ1) is 10.1. The number of halogens is 1. The van der Waals surface area contributed by atoms with Crippen LogP contribution in [0.15, 0.2) is 0 Å². The molecule has 0 N–H and O–H groups in total. The molecule has 0 radical (unpaired) electrons. The van der Waals surface area contributed by atoms with Crippen LogP contribution in [0.2, 0.25) is 0 Å². The topological polar surface area (TPSA) is 18.5 Å². The second-order valence-corrected chi connectivity index (χ2v) is 5.94. The van der Waals surface area contributed by atoms with Crippen molar-refractivity contribution in [3.8, 4) is 0 Å². The lowest BCUT2D eigenvalue weighted by Gasteiger charge is -2.29. The van der Waals surface area contributed by atoms with Crippen molar-refractivity contribution < 1.29 is 9.47 Å². The van der Waals surface area contributed by atoms with Gasteiger partial charge in [-0.25, -0.2) is 0 Å². The van der Waals surface area contributed by atoms with E-state index in [4.69, 9.17) is 21.1 Å². The number of alkyl halides is 1. The van der Waals surface area contributed by atoms with Crippen LogP contribution >= 0.6 is 11.6 Å². The van der Waals surface area contributed by atoms with Gasteiger partial charge in [-0.15, -0.1) is 11.6 Å². The Morgan fingerprint density at radius 2 is 1.14 bits per heavy atom. The van der Waals surface area contributed by atoms with Crippen molar-refractivity contribution in [2.75, 3.05) is 19.1 Å². The zero-order valence-corrected chi connectivity index (χ0v) is 15.9. The average Bonchev–Trinajstić information content (AvgIpc) is 2.47. The van der Waals surface area contributed by atoms with Gasteiger partial charge in [0.15, 0.2) is 5.79 Å². The molecule has 0 saturated heterocycles. The molecule has 0 aliphatic carbocycles. The van der Waals surface area contributed by atoms with Crippen LogP contribution in [-0.4, -0.2) is 24.9 Å². The Hall–Kier alpha value is 0.210. The Balaban J connectivity index is 0. The summed E-state index contributed by atoms with van der Waals surface area (Å²) in [6.07, 6.45) is 11.5. The lowest BCUT2D eigenvalue weighted by molar-refractivity contribution is -0.225. The summed E-state index contributed by atoms with van der Waals surface area (Å²) in [4.78, 5) is 0. The van der Waals surface area contributed by atoms with Gasteiger partial charge in [0.25, 0.3) is 0 Å². The molecule has 0 spiro atoms. The highest BCUT2D eigenvalue weighted by Gasteiger charge is 2.23. The molecule has 2 nitrogen and oxygen atoms in total. The first-order valence-electron chi connectivity index (χ1n) is 8.93. The quantitative estimate of drug-likeness (QED) is 0.217. The molecule has 0 aromatic carbocycles. The maximum Gasteiger partial charge on any atom is 0.165 e. The zero-order valence-electron chi connectivity index (χ0n) is 15.2. The van der Waals surface area contributed by atoms with E-state index in [0.717, 1.165) is 31.9 Å². The van der Waals surface area contributed by atoms with Gasteiger partial charge in [-0.2, -0.15) is 0 Å². The van der Waals surface area contributed by atoms with Gasteiger partial charge in [0, 0.05) is 25.5 Å². The van der Waals surface area contributed by atoms with Crippen LogP contribution < -0.4 is 0 Å². The maximum absolute atomic E-state index is 5.69. The largest absolute Gasteiger partial charge is 0.351 e. The molecule has 0 aliphatic heterocycles. The zero-order chi connectivity index (χ0) is 16.4. The normalized spacial score (nSPS) is 11.1. The Morgan fingerprint density at radius 3 is 1.52 bits per heavy atom. The van der Waals surface area contributed by atoms with E-state index in [1.54, 1.807) is 0 Å². The van der Waals surface area contributed by atoms with Crippen molar-refractivity contribution in [1.29, 1.82) is 0 Å². The van der Waals surface area contributed by atoms with E-state index >= 15 is 0 Å². The van der Waals surface area contributed by atoms with E-state index in [2.05, 4.69) is 13.8 Å². The monoisotopic (exact) mass is 322 g/mol. The molecule has 0 amide bonds. The lowest BCUT2D eigenvalue weighted by atomic mass is 10.1. The summed E-state index contributed by atoms with van der Waals surface area (Å²) in [5.41, 5.74) is 0. The molecule has 0 fully saturated rings. The molecule has 130 valence electrons. The van der Waals surface area contributed by atoms with Crippen LogP contribution in [-0.2, 0) is 9.47 Å². The molecule has 0 unspecified atom stereocenters. The highest BCUT2D eigenvalue weighted by Crippen LogP contribution is 2.21. The Labute approximate surface area is 138 Å². The predicted octanol–water partition coefficient (Wildman–Crippen LogP) is 6.55. The van der Waals surface area contributed by atoms with E-state index in [0.29, 0.717) is 0 Å². The lowest BCUT2D eigenvalue weighted by Crippen LogP contribution is -2.32. The Morgan fingerprint density at radius 1 is 0.714 bits per heavy atom. The first kappa shape index (κ1) is 23.5. The number of unbranched alkanes of at least 4 members (excludes halogenated alkanes) is 6. The number of ether oxygens (including phenoxy) is 2. The van der Waals surface area contributed by atoms with Crippen molar-refractivity contribution in [2.24, 2.45) is 0 Å². The molecule has 0 aliphatic rings. The molecule has 0 atom stereocenters. The summed E-state index contributed by atoms with van der Waals surface area (Å²) < 4.78 is 11.4. The fourth-order valence-electron chi connectivity index (χ4n) is 2.20. The van der Waals surface area contributed by atoms with E-state index in [9.17, 15) is 0 Å². The summed E-state index contributed by atoms with van der Waals surface area (Å²) >= 11 is 5.19. The Kier molecular flexibility index (Phi) is 20.4. The van der Waals surface area contributed by atoms with Gasteiger partial charge in [0.2, 0.25) is 0 Å². The second-order valence-electron chi connectivity index (χ2n) is 5.56. The van der Waals surface area contributed by atoms with E-state index in [-0.39, 0.29) is 5.79 Å². The molecule has 0 bridgehead atoms. The molecule has 0 aromatic heterocycles. The van der Waals surface area contributed by atoms with Crippen molar-refractivity contribution in [2.45, 2.75) is 98.2 Å². The number of rotatable bonds is 13. The van der Waals surface area contributed by atoms with Gasteiger partial charge in [-0.1, -0.05) is 52.4 Å². The van der Waals surface area contributed by atoms with E-state index in [1.165, 1.54) is 44.9 Å². The van der Waals surface area contributed by atoms with Gasteiger partial charge in [0.1, 0.15) is 0 Å². The number of hydrogen-bond donors (Lipinski definition) is 0. The standard InChI is InChI=1S/C15H32O2.C3H7Cl/c1-5-8-9-10-11-12-13-14-15(4,16-6-2)17-7-3;1-2-3-4/h5-14H2,1-4H3;2-3H2,1H3. The van der Waals surface area contributed by atoms with E-state index in [1.807, 2.05) is 20.8 Å². The summed E-state index contributed by atoms with van der Waals surface area (Å²) in [5, 5.41) is 0. The van der Waals surface area contributed by atoms with E-state index < -0.39 is 0 Å². The van der Waals surface area contributed by atoms with Gasteiger partial charge < -0.3 is 9.47 Å². The van der Waals surface area contributed by atoms with Crippen LogP contribution in [0, 0.1) is 0 Å². The molecule has 21 heavy (non-hydrogen) atoms. The summed E-state index contributed by atoms with van der Waals surface area (Å²) in [6, 6.07) is 0. The van der Waals surface area contributed by atoms with Crippen molar-refractivity contribution in [3.63, 3.8) is 0 Å². The minimum Gasteiger partial charge on any atom is -0.351 e. The molecular weight excluding hydrogens is 284 g/mol. The fourth-order valence-corrected chi connectivity index (χ4v) is 2.20. The molecule has 0 rings (SSSR count). The maximum atomic E-state index is 5.69. The van der Waals surface area contributed by atoms with Crippen LogP contribution in [0.5, 0.6) is 0 Å². The van der Waals surface area contributed by atoms with Gasteiger partial charge >= 0.3 is 0 Å². The van der Waals surface area contributed by atoms with Crippen LogP contribution in [0.3, 0.4) is 0 Å². The van der Waals surface area contributed by atoms with Gasteiger partial charge in [-0.05, 0) is 33.6 Å². The van der Waals surface area contributed by atoms with Crippen molar-refractivity contribution in [1.82, 2.24) is 0 Å². The van der Waals surface area contributed by atoms with Gasteiger partial charge in [0.05, 0.1) is 0 Å². The molecule has 0 heterocycles. The minimum absolute atomic E-state index is 0.354. The molecule has 0 saturated carbocycles. The highest BCUT2D eigenvalue weighted by atomic mass is 35.5. The number of hydrogen-bond acceptors (Lipinski definition) is 2. The second kappa shape index (κ2) is 18.3. The average molecular weight is 323 g/mol. The first-order valence-corrected chi connectivity index (χ1v) is 9.47. The third-order valence-corrected chi connectivity index (χ3v) is 3.70. The highest BCUT2D eigenvalue weighted by molar-refractivity contribution is 6.17. The fraction of sp³-hybridized carbons (Fsp3) is 1.00. The third kappa shape index (κ3) is 18.2. The SMILES string of the molecule is CCCCCCCCCC(C)(OCC)OCC.CCCCl. The predicted molar refractivity (Wildman–Crippen MR) is 95.3 cm³/mol. The molecular formula is C18H39ClO2. The van der Waals surface area contributed by atoms with Crippen molar-refractivity contribution in [3.05, 3.63) is 0 Å².